The fourth-order valence-electron chi connectivity index (χ4n) is 1.86. The third-order valence-corrected chi connectivity index (χ3v) is 3.59. The third-order valence-electron chi connectivity index (χ3n) is 2.75. The summed E-state index contributed by atoms with van der Waals surface area (Å²) in [7, 11) is 0. The first-order valence-electron chi connectivity index (χ1n) is 6.33. The van der Waals surface area contributed by atoms with Crippen LogP contribution in [0.2, 0.25) is 0 Å². The van der Waals surface area contributed by atoms with Crippen LogP contribution in [0.25, 0.3) is 0 Å². The topological polar surface area (TPSA) is 87.7 Å². The van der Waals surface area contributed by atoms with Crippen LogP contribution in [0.15, 0.2) is 48.5 Å². The maximum absolute atomic E-state index is 9.57. The summed E-state index contributed by atoms with van der Waals surface area (Å²) in [4.78, 5) is 9.57. The van der Waals surface area contributed by atoms with Crippen LogP contribution in [0.5, 0.6) is 11.5 Å². The smallest absolute Gasteiger partial charge is 0.218 e. The predicted octanol–water partition coefficient (Wildman–Crippen LogP) is 2.60. The van der Waals surface area contributed by atoms with Gasteiger partial charge in [0.2, 0.25) is 6.57 Å². The van der Waals surface area contributed by atoms with Gasteiger partial charge < -0.3 is 19.8 Å². The van der Waals surface area contributed by atoms with E-state index < -0.39 is 6.57 Å². The van der Waals surface area contributed by atoms with Gasteiger partial charge in [0.05, 0.1) is 6.61 Å². The zero-order chi connectivity index (χ0) is 15.3. The molecule has 7 heteroatoms. The molecular weight excluding hydrogens is 307 g/mol. The molecule has 5 N–H and O–H groups in total. The number of nitrogens with one attached hydrogen (secondary N) is 1. The van der Waals surface area contributed by atoms with Crippen molar-refractivity contribution in [1.82, 2.24) is 0 Å². The number of phenolic OH excluding ortho intramolecular Hbond substituents is 1. The van der Waals surface area contributed by atoms with Gasteiger partial charge in [0.25, 0.3) is 0 Å². The lowest BCUT2D eigenvalue weighted by molar-refractivity contribution is 0.322. The molecule has 0 saturated carbocycles. The minimum absolute atomic E-state index is 0.138. The second-order valence-corrected chi connectivity index (χ2v) is 7.63. The summed E-state index contributed by atoms with van der Waals surface area (Å²) in [5.41, 5.74) is 6.86. The highest BCUT2D eigenvalue weighted by Crippen LogP contribution is 2.34. The Bertz CT molecular complexity index is 646. The lowest BCUT2D eigenvalue weighted by atomic mass is 10.1. The fourth-order valence-corrected chi connectivity index (χ4v) is 2.72. The van der Waals surface area contributed by atoms with Gasteiger partial charge in [-0.3, -0.25) is 5.50 Å². The van der Waals surface area contributed by atoms with E-state index in [-0.39, 0.29) is 5.75 Å². The van der Waals surface area contributed by atoms with Gasteiger partial charge in [-0.15, -0.1) is 0 Å². The number of nitrogens with two attached hydrogens (primary N) is 1. The Balaban J connectivity index is 2.04. The summed E-state index contributed by atoms with van der Waals surface area (Å²) in [6.45, 7) is -2.63. The minimum atomic E-state index is -3.06. The highest BCUT2D eigenvalue weighted by Gasteiger charge is 2.10. The van der Waals surface area contributed by atoms with E-state index in [0.29, 0.717) is 18.7 Å². The fraction of sp³-hybridized carbons (Fsp3) is 0.143. The van der Waals surface area contributed by atoms with Crippen LogP contribution in [-0.4, -0.2) is 16.6 Å². The average Bonchev–Trinajstić information content (AvgIpc) is 2.42. The van der Waals surface area contributed by atoms with Crippen LogP contribution in [0.1, 0.15) is 5.56 Å². The molecular formula is C14H17N2O3PS. The second-order valence-electron chi connectivity index (χ2n) is 4.49. The highest BCUT2D eigenvalue weighted by molar-refractivity contribution is 8.11. The molecule has 0 fully saturated rings. The van der Waals surface area contributed by atoms with Gasteiger partial charge in [-0.2, -0.15) is 0 Å². The van der Waals surface area contributed by atoms with E-state index in [1.54, 1.807) is 12.1 Å². The van der Waals surface area contributed by atoms with Crippen molar-refractivity contribution in [2.75, 3.05) is 11.7 Å². The van der Waals surface area contributed by atoms with Gasteiger partial charge in [0.15, 0.2) is 0 Å². The molecule has 1 atom stereocenters. The molecule has 0 aliphatic carbocycles. The Morgan fingerprint density at radius 3 is 2.57 bits per heavy atom. The molecule has 0 bridgehead atoms. The van der Waals surface area contributed by atoms with Crippen LogP contribution in [0.3, 0.4) is 0 Å². The number of aromatic hydroxyl groups is 1. The van der Waals surface area contributed by atoms with Crippen molar-refractivity contribution in [2.24, 2.45) is 5.50 Å². The zero-order valence-corrected chi connectivity index (χ0v) is 13.0. The Labute approximate surface area is 128 Å². The molecule has 0 spiro atoms. The minimum Gasteiger partial charge on any atom is -0.508 e. The lowest BCUT2D eigenvalue weighted by Crippen LogP contribution is -2.08. The van der Waals surface area contributed by atoms with E-state index >= 15 is 0 Å². The van der Waals surface area contributed by atoms with Gasteiger partial charge in [-0.25, -0.2) is 0 Å². The SMILES string of the molecule is NP(O)(=S)Nc1ccc(O)cc1CCOc1ccccc1. The molecule has 1 unspecified atom stereocenters. The Hall–Kier alpha value is -1.59. The first-order chi connectivity index (χ1) is 9.94. The monoisotopic (exact) mass is 324 g/mol. The van der Waals surface area contributed by atoms with Gasteiger partial charge in [-0.1, -0.05) is 18.2 Å². The van der Waals surface area contributed by atoms with E-state index in [1.807, 2.05) is 30.3 Å². The Kier molecular flexibility index (Phi) is 5.20. The van der Waals surface area contributed by atoms with Gasteiger partial charge in [-0.05, 0) is 47.7 Å². The molecule has 112 valence electrons. The van der Waals surface area contributed by atoms with Gasteiger partial charge >= 0.3 is 0 Å². The number of hydrogen-bond acceptors (Lipinski definition) is 3. The summed E-state index contributed by atoms with van der Waals surface area (Å²) in [5.74, 6) is 0.914. The standard InChI is InChI=1S/C14H17N2O3PS/c15-20(18,21)16-14-7-6-12(17)10-11(14)8-9-19-13-4-2-1-3-5-13/h1-7,10,17H,8-9H2,(H4,15,16,18,21). The third kappa shape index (κ3) is 5.36. The number of phenols is 1. The number of rotatable bonds is 6. The van der Waals surface area contributed by atoms with Crippen molar-refractivity contribution in [3.63, 3.8) is 0 Å². The van der Waals surface area contributed by atoms with Crippen molar-refractivity contribution < 1.29 is 14.7 Å². The van der Waals surface area contributed by atoms with E-state index in [2.05, 4.69) is 5.09 Å². The van der Waals surface area contributed by atoms with Crippen LogP contribution >= 0.6 is 6.57 Å². The van der Waals surface area contributed by atoms with Gasteiger partial charge in [0.1, 0.15) is 11.5 Å². The quantitative estimate of drug-likeness (QED) is 0.483. The molecule has 0 aromatic heterocycles. The molecule has 5 nitrogen and oxygen atoms in total. The number of ether oxygens (including phenoxy) is 1. The van der Waals surface area contributed by atoms with E-state index in [4.69, 9.17) is 22.0 Å². The van der Waals surface area contributed by atoms with Crippen LogP contribution in [0, 0.1) is 0 Å². The molecule has 0 heterocycles. The number of anilines is 1. The van der Waals surface area contributed by atoms with Crippen LogP contribution in [-0.2, 0) is 18.2 Å². The molecule has 0 saturated heterocycles. The summed E-state index contributed by atoms with van der Waals surface area (Å²) in [5, 5.41) is 12.3. The average molecular weight is 324 g/mol. The molecule has 0 aliphatic heterocycles. The molecule has 2 aromatic rings. The van der Waals surface area contributed by atoms with Crippen molar-refractivity contribution >= 4 is 24.1 Å². The Morgan fingerprint density at radius 1 is 1.19 bits per heavy atom. The normalized spacial score (nSPS) is 13.4. The number of para-hydroxylation sites is 1. The first kappa shape index (κ1) is 15.8. The molecule has 2 aromatic carbocycles. The zero-order valence-electron chi connectivity index (χ0n) is 11.3. The molecule has 2 rings (SSSR count). The molecule has 0 radical (unpaired) electrons. The van der Waals surface area contributed by atoms with Crippen molar-refractivity contribution in [3.05, 3.63) is 54.1 Å². The van der Waals surface area contributed by atoms with Crippen molar-refractivity contribution in [1.29, 1.82) is 0 Å². The summed E-state index contributed by atoms with van der Waals surface area (Å²) >= 11 is 4.79. The maximum Gasteiger partial charge on any atom is 0.218 e. The van der Waals surface area contributed by atoms with E-state index in [9.17, 15) is 10.00 Å². The summed E-state index contributed by atoms with van der Waals surface area (Å²) in [6.07, 6.45) is 0.543. The van der Waals surface area contributed by atoms with E-state index in [0.717, 1.165) is 11.3 Å². The Morgan fingerprint density at radius 2 is 1.90 bits per heavy atom. The summed E-state index contributed by atoms with van der Waals surface area (Å²) < 4.78 is 5.61. The molecule has 0 amide bonds. The predicted molar refractivity (Wildman–Crippen MR) is 88.1 cm³/mol. The van der Waals surface area contributed by atoms with Crippen LogP contribution in [0.4, 0.5) is 5.69 Å². The van der Waals surface area contributed by atoms with E-state index in [1.165, 1.54) is 6.07 Å². The maximum atomic E-state index is 9.57. The second kappa shape index (κ2) is 6.91. The molecule has 21 heavy (non-hydrogen) atoms. The van der Waals surface area contributed by atoms with Crippen molar-refractivity contribution in [3.8, 4) is 11.5 Å². The largest absolute Gasteiger partial charge is 0.508 e. The lowest BCUT2D eigenvalue weighted by Gasteiger charge is -2.16. The summed E-state index contributed by atoms with van der Waals surface area (Å²) in [6, 6.07) is 14.2. The number of benzene rings is 2. The van der Waals surface area contributed by atoms with Crippen molar-refractivity contribution in [2.45, 2.75) is 6.42 Å². The molecule has 0 aliphatic rings. The first-order valence-corrected chi connectivity index (χ1v) is 9.16. The van der Waals surface area contributed by atoms with Gasteiger partial charge in [0, 0.05) is 12.1 Å². The highest BCUT2D eigenvalue weighted by atomic mass is 32.4. The van der Waals surface area contributed by atoms with Crippen LogP contribution < -0.4 is 15.3 Å². The number of hydrogen-bond donors (Lipinski definition) is 4.